The number of ether oxygens (including phenoxy) is 1. The van der Waals surface area contributed by atoms with Gasteiger partial charge in [0.25, 0.3) is 0 Å². The van der Waals surface area contributed by atoms with Crippen LogP contribution in [0, 0.1) is 6.92 Å². The third-order valence-electron chi connectivity index (χ3n) is 2.55. The van der Waals surface area contributed by atoms with Crippen molar-refractivity contribution in [2.24, 2.45) is 0 Å². The number of halogens is 1. The monoisotopic (exact) mass is 308 g/mol. The number of carbonyl (C=O) groups is 1. The summed E-state index contributed by atoms with van der Waals surface area (Å²) in [6.07, 6.45) is 1.80. The molecule has 0 saturated carbocycles. The number of benzene rings is 1. The fourth-order valence-corrected chi connectivity index (χ4v) is 2.17. The van der Waals surface area contributed by atoms with Crippen molar-refractivity contribution in [1.29, 1.82) is 0 Å². The van der Waals surface area contributed by atoms with Crippen LogP contribution in [0.2, 0.25) is 0 Å². The number of hydrogen-bond acceptors (Lipinski definition) is 3. The van der Waals surface area contributed by atoms with Crippen LogP contribution in [-0.2, 0) is 6.54 Å². The van der Waals surface area contributed by atoms with E-state index in [0.29, 0.717) is 11.3 Å². The molecule has 0 spiro atoms. The first-order valence-electron chi connectivity index (χ1n) is 5.47. The first kappa shape index (κ1) is 12.8. The van der Waals surface area contributed by atoms with Gasteiger partial charge >= 0.3 is 0 Å². The maximum absolute atomic E-state index is 12.1. The molecular formula is C13H13BrN2O2. The predicted molar refractivity (Wildman–Crippen MR) is 72.0 cm³/mol. The van der Waals surface area contributed by atoms with Crippen molar-refractivity contribution in [2.45, 2.75) is 13.5 Å². The van der Waals surface area contributed by atoms with Gasteiger partial charge in [0, 0.05) is 11.8 Å². The Balaban J connectivity index is 2.16. The van der Waals surface area contributed by atoms with Crippen LogP contribution >= 0.6 is 15.9 Å². The Morgan fingerprint density at radius 3 is 2.78 bits per heavy atom. The molecule has 2 aromatic rings. The molecule has 1 heterocycles. The number of nitrogens with zero attached hydrogens (tertiary/aromatic N) is 2. The average molecular weight is 309 g/mol. The SMILES string of the molecule is COc1ccc(C(=O)Cn2ccc(C)n2)cc1Br. The quantitative estimate of drug-likeness (QED) is 0.816. The van der Waals surface area contributed by atoms with Crippen molar-refractivity contribution in [1.82, 2.24) is 9.78 Å². The van der Waals surface area contributed by atoms with Gasteiger partial charge in [-0.1, -0.05) is 0 Å². The minimum absolute atomic E-state index is 0.0152. The molecule has 1 aromatic heterocycles. The van der Waals surface area contributed by atoms with Gasteiger partial charge in [-0.2, -0.15) is 5.10 Å². The number of carbonyl (C=O) groups excluding carboxylic acids is 1. The summed E-state index contributed by atoms with van der Waals surface area (Å²) < 4.78 is 7.53. The molecular weight excluding hydrogens is 296 g/mol. The van der Waals surface area contributed by atoms with E-state index in [4.69, 9.17) is 4.74 Å². The fraction of sp³-hybridized carbons (Fsp3) is 0.231. The summed E-state index contributed by atoms with van der Waals surface area (Å²) in [5.74, 6) is 0.725. The third kappa shape index (κ3) is 2.79. The third-order valence-corrected chi connectivity index (χ3v) is 3.17. The van der Waals surface area contributed by atoms with Crippen LogP contribution in [0.4, 0.5) is 0 Å². The van der Waals surface area contributed by atoms with Gasteiger partial charge in [-0.3, -0.25) is 9.48 Å². The lowest BCUT2D eigenvalue weighted by Crippen LogP contribution is -2.11. The number of hydrogen-bond donors (Lipinski definition) is 0. The maximum Gasteiger partial charge on any atom is 0.184 e. The molecule has 0 bridgehead atoms. The molecule has 0 amide bonds. The number of ketones is 1. The van der Waals surface area contributed by atoms with E-state index < -0.39 is 0 Å². The van der Waals surface area contributed by atoms with Crippen LogP contribution in [0.3, 0.4) is 0 Å². The number of Topliss-reactive ketones (excluding diaryl/α,β-unsaturated/α-hetero) is 1. The maximum atomic E-state index is 12.1. The van der Waals surface area contributed by atoms with Crippen LogP contribution in [0.5, 0.6) is 5.75 Å². The molecule has 0 unspecified atom stereocenters. The fourth-order valence-electron chi connectivity index (χ4n) is 1.63. The minimum Gasteiger partial charge on any atom is -0.496 e. The van der Waals surface area contributed by atoms with Crippen molar-refractivity contribution in [3.05, 3.63) is 46.2 Å². The highest BCUT2D eigenvalue weighted by Crippen LogP contribution is 2.25. The highest BCUT2D eigenvalue weighted by atomic mass is 79.9. The molecule has 0 aliphatic rings. The van der Waals surface area contributed by atoms with Gasteiger partial charge in [-0.15, -0.1) is 0 Å². The summed E-state index contributed by atoms with van der Waals surface area (Å²) in [4.78, 5) is 12.1. The predicted octanol–water partition coefficient (Wildman–Crippen LogP) is 2.85. The standard InChI is InChI=1S/C13H13BrN2O2/c1-9-5-6-16(15-9)8-12(17)10-3-4-13(18-2)11(14)7-10/h3-7H,8H2,1-2H3. The second-order valence-electron chi connectivity index (χ2n) is 3.93. The lowest BCUT2D eigenvalue weighted by molar-refractivity contribution is 0.0967. The number of aromatic nitrogens is 2. The molecule has 4 nitrogen and oxygen atoms in total. The zero-order chi connectivity index (χ0) is 13.1. The van der Waals surface area contributed by atoms with Crippen molar-refractivity contribution in [3.63, 3.8) is 0 Å². The lowest BCUT2D eigenvalue weighted by atomic mass is 10.1. The molecule has 0 atom stereocenters. The Labute approximate surface area is 114 Å². The van der Waals surface area contributed by atoms with E-state index in [2.05, 4.69) is 21.0 Å². The van der Waals surface area contributed by atoms with Crippen molar-refractivity contribution < 1.29 is 9.53 Å². The normalized spacial score (nSPS) is 10.4. The Kier molecular flexibility index (Phi) is 3.81. The van der Waals surface area contributed by atoms with Gasteiger partial charge in [0.15, 0.2) is 5.78 Å². The highest BCUT2D eigenvalue weighted by molar-refractivity contribution is 9.10. The molecule has 5 heteroatoms. The highest BCUT2D eigenvalue weighted by Gasteiger charge is 2.10. The molecule has 0 saturated heterocycles. The number of rotatable bonds is 4. The minimum atomic E-state index is 0.0152. The van der Waals surface area contributed by atoms with Gasteiger partial charge in [-0.05, 0) is 47.1 Å². The lowest BCUT2D eigenvalue weighted by Gasteiger charge is -2.06. The van der Waals surface area contributed by atoms with E-state index in [1.54, 1.807) is 36.2 Å². The molecule has 1 aromatic carbocycles. The summed E-state index contributed by atoms with van der Waals surface area (Å²) >= 11 is 3.37. The molecule has 18 heavy (non-hydrogen) atoms. The van der Waals surface area contributed by atoms with Crippen LogP contribution < -0.4 is 4.74 Å². The molecule has 0 radical (unpaired) electrons. The van der Waals surface area contributed by atoms with Crippen molar-refractivity contribution >= 4 is 21.7 Å². The van der Waals surface area contributed by atoms with E-state index in [-0.39, 0.29) is 12.3 Å². The molecule has 2 rings (SSSR count). The summed E-state index contributed by atoms with van der Waals surface area (Å²) in [5.41, 5.74) is 1.54. The van der Waals surface area contributed by atoms with Gasteiger partial charge in [0.1, 0.15) is 12.3 Å². The first-order valence-corrected chi connectivity index (χ1v) is 6.26. The number of aryl methyl sites for hydroxylation is 1. The van der Waals surface area contributed by atoms with Gasteiger partial charge in [0.05, 0.1) is 17.3 Å². The Morgan fingerprint density at radius 2 is 2.22 bits per heavy atom. The summed E-state index contributed by atoms with van der Waals surface area (Å²) in [6.45, 7) is 2.14. The second-order valence-corrected chi connectivity index (χ2v) is 4.78. The van der Waals surface area contributed by atoms with Gasteiger partial charge in [-0.25, -0.2) is 0 Å². The Hall–Kier alpha value is -1.62. The zero-order valence-electron chi connectivity index (χ0n) is 10.2. The van der Waals surface area contributed by atoms with Crippen LogP contribution in [-0.4, -0.2) is 22.7 Å². The van der Waals surface area contributed by atoms with Crippen molar-refractivity contribution in [3.8, 4) is 5.75 Å². The van der Waals surface area contributed by atoms with E-state index in [1.165, 1.54) is 0 Å². The molecule has 0 aliphatic heterocycles. The summed E-state index contributed by atoms with van der Waals surface area (Å²) in [6, 6.07) is 7.16. The van der Waals surface area contributed by atoms with Gasteiger partial charge < -0.3 is 4.74 Å². The summed E-state index contributed by atoms with van der Waals surface area (Å²) in [5, 5.41) is 4.19. The first-order chi connectivity index (χ1) is 8.60. The second kappa shape index (κ2) is 5.35. The van der Waals surface area contributed by atoms with Gasteiger partial charge in [0.2, 0.25) is 0 Å². The van der Waals surface area contributed by atoms with E-state index >= 15 is 0 Å². The van der Waals surface area contributed by atoms with E-state index in [1.807, 2.05) is 13.0 Å². The Morgan fingerprint density at radius 1 is 1.44 bits per heavy atom. The molecule has 0 N–H and O–H groups in total. The van der Waals surface area contributed by atoms with Crippen LogP contribution in [0.15, 0.2) is 34.9 Å². The average Bonchev–Trinajstić information content (AvgIpc) is 2.74. The van der Waals surface area contributed by atoms with Crippen LogP contribution in [0.1, 0.15) is 16.1 Å². The zero-order valence-corrected chi connectivity index (χ0v) is 11.8. The molecule has 0 fully saturated rings. The molecule has 0 aliphatic carbocycles. The smallest absolute Gasteiger partial charge is 0.184 e. The topological polar surface area (TPSA) is 44.1 Å². The largest absolute Gasteiger partial charge is 0.496 e. The molecule has 94 valence electrons. The van der Waals surface area contributed by atoms with E-state index in [0.717, 1.165) is 10.2 Å². The summed E-state index contributed by atoms with van der Waals surface area (Å²) in [7, 11) is 1.59. The van der Waals surface area contributed by atoms with E-state index in [9.17, 15) is 4.79 Å². The van der Waals surface area contributed by atoms with Crippen LogP contribution in [0.25, 0.3) is 0 Å². The number of methoxy groups -OCH3 is 1. The van der Waals surface area contributed by atoms with Crippen molar-refractivity contribution in [2.75, 3.05) is 7.11 Å². The Bertz CT molecular complexity index is 578.